The number of nitriles is 1. The molecule has 0 spiro atoms. The van der Waals surface area contributed by atoms with Gasteiger partial charge in [0.25, 0.3) is 0 Å². The average Bonchev–Trinajstić information content (AvgIpc) is 2.74. The fourth-order valence-corrected chi connectivity index (χ4v) is 5.10. The molecule has 3 aromatic rings. The highest BCUT2D eigenvalue weighted by Crippen LogP contribution is 2.31. The van der Waals surface area contributed by atoms with Gasteiger partial charge in [0, 0.05) is 11.4 Å². The lowest BCUT2D eigenvalue weighted by Crippen LogP contribution is -2.10. The Morgan fingerprint density at radius 3 is 2.14 bits per heavy atom. The minimum Gasteiger partial charge on any atom is -0.349 e. The van der Waals surface area contributed by atoms with E-state index in [1.54, 1.807) is 60.7 Å². The van der Waals surface area contributed by atoms with E-state index in [0.29, 0.717) is 11.3 Å². The van der Waals surface area contributed by atoms with Gasteiger partial charge >= 0.3 is 0 Å². The maximum Gasteiger partial charge on any atom is 0.219 e. The second kappa shape index (κ2) is 9.41. The highest BCUT2D eigenvalue weighted by molar-refractivity contribution is 8.04. The molecule has 0 aromatic heterocycles. The van der Waals surface area contributed by atoms with Crippen molar-refractivity contribution in [3.05, 3.63) is 106 Å². The number of halogens is 1. The summed E-state index contributed by atoms with van der Waals surface area (Å²) in [5.74, 6) is -0.222. The molecule has 0 aliphatic heterocycles. The molecule has 1 N–H and O–H groups in total. The zero-order chi connectivity index (χ0) is 20.7. The van der Waals surface area contributed by atoms with E-state index >= 15 is 0 Å². The molecule has 4 nitrogen and oxygen atoms in total. The molecule has 0 heterocycles. The number of rotatable bonds is 7. The monoisotopic (exact) mass is 424 g/mol. The van der Waals surface area contributed by atoms with Crippen molar-refractivity contribution in [3.63, 3.8) is 0 Å². The fourth-order valence-electron chi connectivity index (χ4n) is 2.53. The molecule has 0 aliphatic carbocycles. The first-order valence-electron chi connectivity index (χ1n) is 8.65. The van der Waals surface area contributed by atoms with Gasteiger partial charge in [-0.25, -0.2) is 12.8 Å². The molecule has 0 radical (unpaired) electrons. The summed E-state index contributed by atoms with van der Waals surface area (Å²) >= 11 is 1.06. The molecule has 29 heavy (non-hydrogen) atoms. The summed E-state index contributed by atoms with van der Waals surface area (Å²) in [6.07, 6.45) is 0. The Hall–Kier alpha value is -3.08. The van der Waals surface area contributed by atoms with Crippen LogP contribution in [-0.2, 0) is 15.6 Å². The minimum atomic E-state index is -4.04. The summed E-state index contributed by atoms with van der Waals surface area (Å²) in [5, 5.41) is 12.9. The Bertz CT molecular complexity index is 1160. The van der Waals surface area contributed by atoms with Gasteiger partial charge in [0.05, 0.1) is 4.90 Å². The summed E-state index contributed by atoms with van der Waals surface area (Å²) in [5.41, 5.74) is 1.04. The number of allylic oxidation sites excluding steroid dienone is 1. The molecule has 7 heteroatoms. The van der Waals surface area contributed by atoms with Crippen molar-refractivity contribution in [2.45, 2.75) is 10.6 Å². The molecule has 3 rings (SSSR count). The Balaban J connectivity index is 2.04. The third-order valence-corrected chi connectivity index (χ3v) is 6.90. The van der Waals surface area contributed by atoms with Crippen molar-refractivity contribution < 1.29 is 12.8 Å². The van der Waals surface area contributed by atoms with Crippen LogP contribution >= 0.6 is 11.8 Å². The van der Waals surface area contributed by atoms with E-state index in [2.05, 4.69) is 5.32 Å². The molecule has 0 bridgehead atoms. The van der Waals surface area contributed by atoms with Crippen LogP contribution in [0, 0.1) is 17.1 Å². The third-order valence-electron chi connectivity index (χ3n) is 3.99. The maximum absolute atomic E-state index is 14.0. The molecule has 3 aromatic carbocycles. The summed E-state index contributed by atoms with van der Waals surface area (Å²) in [6.45, 7) is 0. The smallest absolute Gasteiger partial charge is 0.219 e. The van der Waals surface area contributed by atoms with E-state index < -0.39 is 14.7 Å². The summed E-state index contributed by atoms with van der Waals surface area (Å²) in [4.78, 5) is -0.385. The predicted octanol–water partition coefficient (Wildman–Crippen LogP) is 5.34. The SMILES string of the molecule is N#CC(=C(Nc1ccccc1)SCc1ccccc1F)S(=O)(=O)c1ccccc1. The van der Waals surface area contributed by atoms with E-state index in [0.717, 1.165) is 11.8 Å². The van der Waals surface area contributed by atoms with Gasteiger partial charge < -0.3 is 5.32 Å². The number of benzene rings is 3. The van der Waals surface area contributed by atoms with Gasteiger partial charge in [-0.3, -0.25) is 0 Å². The van der Waals surface area contributed by atoms with Gasteiger partial charge in [0.2, 0.25) is 9.84 Å². The Kier molecular flexibility index (Phi) is 6.70. The molecule has 0 fully saturated rings. The molecule has 146 valence electrons. The van der Waals surface area contributed by atoms with E-state index in [-0.39, 0.29) is 21.5 Å². The number of anilines is 1. The molecule has 0 atom stereocenters. The number of nitrogens with zero attached hydrogens (tertiary/aromatic N) is 1. The van der Waals surface area contributed by atoms with Crippen LogP contribution in [0.5, 0.6) is 0 Å². The fraction of sp³-hybridized carbons (Fsp3) is 0.0455. The molecular formula is C22H17FN2O2S2. The number of hydrogen-bond acceptors (Lipinski definition) is 5. The first kappa shape index (κ1) is 20.6. The lowest BCUT2D eigenvalue weighted by atomic mass is 10.2. The molecule has 0 saturated heterocycles. The van der Waals surface area contributed by atoms with Crippen molar-refractivity contribution in [1.82, 2.24) is 0 Å². The zero-order valence-corrected chi connectivity index (χ0v) is 16.9. The van der Waals surface area contributed by atoms with Gasteiger partial charge in [-0.05, 0) is 35.9 Å². The second-order valence-corrected chi connectivity index (χ2v) is 8.83. The second-order valence-electron chi connectivity index (χ2n) is 5.96. The van der Waals surface area contributed by atoms with Crippen molar-refractivity contribution in [1.29, 1.82) is 5.26 Å². The predicted molar refractivity (Wildman–Crippen MR) is 114 cm³/mol. The normalized spacial score (nSPS) is 12.0. The van der Waals surface area contributed by atoms with Crippen LogP contribution in [0.25, 0.3) is 0 Å². The first-order chi connectivity index (χ1) is 14.0. The first-order valence-corrected chi connectivity index (χ1v) is 11.1. The highest BCUT2D eigenvalue weighted by Gasteiger charge is 2.25. The van der Waals surface area contributed by atoms with Crippen molar-refractivity contribution in [3.8, 4) is 6.07 Å². The molecule has 0 amide bonds. The van der Waals surface area contributed by atoms with E-state index in [9.17, 15) is 18.1 Å². The minimum absolute atomic E-state index is 0.0235. The van der Waals surface area contributed by atoms with Crippen LogP contribution in [0.1, 0.15) is 5.56 Å². The number of sulfone groups is 1. The molecule has 0 unspecified atom stereocenters. The van der Waals surface area contributed by atoms with Crippen LogP contribution in [0.4, 0.5) is 10.1 Å². The van der Waals surface area contributed by atoms with Gasteiger partial charge in [-0.1, -0.05) is 54.6 Å². The topological polar surface area (TPSA) is 70.0 Å². The average molecular weight is 425 g/mol. The van der Waals surface area contributed by atoms with E-state index in [1.807, 2.05) is 12.1 Å². The van der Waals surface area contributed by atoms with Crippen LogP contribution < -0.4 is 5.32 Å². The van der Waals surface area contributed by atoms with Crippen molar-refractivity contribution in [2.24, 2.45) is 0 Å². The van der Waals surface area contributed by atoms with Gasteiger partial charge in [0.1, 0.15) is 16.9 Å². The van der Waals surface area contributed by atoms with Gasteiger partial charge in [0.15, 0.2) is 4.91 Å². The zero-order valence-electron chi connectivity index (χ0n) is 15.2. The molecular weight excluding hydrogens is 407 g/mol. The largest absolute Gasteiger partial charge is 0.349 e. The van der Waals surface area contributed by atoms with Crippen LogP contribution in [-0.4, -0.2) is 8.42 Å². The van der Waals surface area contributed by atoms with Crippen molar-refractivity contribution in [2.75, 3.05) is 5.32 Å². The Morgan fingerprint density at radius 2 is 1.52 bits per heavy atom. The quantitative estimate of drug-likeness (QED) is 0.519. The maximum atomic E-state index is 14.0. The lowest BCUT2D eigenvalue weighted by Gasteiger charge is -2.14. The highest BCUT2D eigenvalue weighted by atomic mass is 32.2. The number of para-hydroxylation sites is 1. The summed E-state index contributed by atoms with van der Waals surface area (Å²) < 4.78 is 40.1. The van der Waals surface area contributed by atoms with Gasteiger partial charge in [-0.15, -0.1) is 11.8 Å². The number of thioether (sulfide) groups is 1. The van der Waals surface area contributed by atoms with E-state index in [4.69, 9.17) is 0 Å². The standard InChI is InChI=1S/C22H17FN2O2S2/c23-20-14-8-7-9-17(20)16-28-22(25-18-10-3-1-4-11-18)21(15-24)29(26,27)19-12-5-2-6-13-19/h1-14,25H,16H2. The van der Waals surface area contributed by atoms with Crippen LogP contribution in [0.2, 0.25) is 0 Å². The third kappa shape index (κ3) is 5.05. The molecule has 0 saturated carbocycles. The van der Waals surface area contributed by atoms with Crippen LogP contribution in [0.15, 0.2) is 99.8 Å². The van der Waals surface area contributed by atoms with Crippen molar-refractivity contribution >= 4 is 27.3 Å². The van der Waals surface area contributed by atoms with E-state index in [1.165, 1.54) is 18.2 Å². The summed E-state index contributed by atoms with van der Waals surface area (Å²) in [7, 11) is -4.04. The Labute approximate surface area is 173 Å². The number of hydrogen-bond donors (Lipinski definition) is 1. The molecule has 0 aliphatic rings. The Morgan fingerprint density at radius 1 is 0.931 bits per heavy atom. The number of nitrogens with one attached hydrogen (secondary N) is 1. The lowest BCUT2D eigenvalue weighted by molar-refractivity contribution is 0.603. The van der Waals surface area contributed by atoms with Crippen LogP contribution in [0.3, 0.4) is 0 Å². The summed E-state index contributed by atoms with van der Waals surface area (Å²) in [6, 6.07) is 24.8. The van der Waals surface area contributed by atoms with Gasteiger partial charge in [-0.2, -0.15) is 5.26 Å².